The van der Waals surface area contributed by atoms with Gasteiger partial charge >= 0.3 is 0 Å². The third kappa shape index (κ3) is 1.69. The van der Waals surface area contributed by atoms with Gasteiger partial charge in [-0.3, -0.25) is 4.79 Å². The number of nitrogens with zero attached hydrogens (tertiary/aromatic N) is 2. The van der Waals surface area contributed by atoms with E-state index < -0.39 is 5.06 Å². The Hall–Kier alpha value is -2.11. The van der Waals surface area contributed by atoms with Gasteiger partial charge in [-0.2, -0.15) is 0 Å². The molecule has 0 spiro atoms. The van der Waals surface area contributed by atoms with Gasteiger partial charge in [-0.05, 0) is 18.6 Å². The molecule has 0 fully saturated rings. The molecule has 1 aromatic heterocycles. The summed E-state index contributed by atoms with van der Waals surface area (Å²) in [5.74, 6) is 0.791. The molecule has 0 saturated carbocycles. The highest BCUT2D eigenvalue weighted by molar-refractivity contribution is 6.26. The van der Waals surface area contributed by atoms with Crippen molar-refractivity contribution in [1.29, 1.82) is 0 Å². The summed E-state index contributed by atoms with van der Waals surface area (Å²) in [5, 5.41) is 2.11. The number of methoxy groups -OCH3 is 1. The molecular formula is C18H16ClN3O2. The summed E-state index contributed by atoms with van der Waals surface area (Å²) in [4.78, 5) is 17.4. The lowest BCUT2D eigenvalue weighted by atomic mass is 9.88. The maximum atomic E-state index is 12.7. The van der Waals surface area contributed by atoms with Crippen molar-refractivity contribution in [2.75, 3.05) is 7.11 Å². The molecule has 1 unspecified atom stereocenters. The van der Waals surface area contributed by atoms with Crippen LogP contribution < -0.4 is 5.32 Å². The maximum absolute atomic E-state index is 12.7. The summed E-state index contributed by atoms with van der Waals surface area (Å²) in [5.41, 5.74) is 3.46. The normalized spacial score (nSPS) is 31.0. The maximum Gasteiger partial charge on any atom is 0.252 e. The second kappa shape index (κ2) is 4.71. The van der Waals surface area contributed by atoms with Crippen molar-refractivity contribution < 1.29 is 9.53 Å². The fourth-order valence-corrected chi connectivity index (χ4v) is 4.54. The quantitative estimate of drug-likeness (QED) is 0.811. The van der Waals surface area contributed by atoms with E-state index in [2.05, 4.69) is 16.0 Å². The Kier molecular flexibility index (Phi) is 2.80. The Morgan fingerprint density at radius 3 is 3.08 bits per heavy atom. The number of ether oxygens (including phenoxy) is 1. The van der Waals surface area contributed by atoms with Crippen molar-refractivity contribution in [3.63, 3.8) is 0 Å². The van der Waals surface area contributed by atoms with Crippen LogP contribution in [0.15, 0.2) is 47.6 Å². The average Bonchev–Trinajstić information content (AvgIpc) is 3.07. The molecule has 2 bridgehead atoms. The lowest BCUT2D eigenvalue weighted by Gasteiger charge is -2.35. The largest absolute Gasteiger partial charge is 0.359 e. The van der Waals surface area contributed by atoms with Crippen LogP contribution in [0.3, 0.4) is 0 Å². The Labute approximate surface area is 143 Å². The van der Waals surface area contributed by atoms with Gasteiger partial charge in [0.25, 0.3) is 5.91 Å². The molecule has 6 heteroatoms. The smallest absolute Gasteiger partial charge is 0.252 e. The zero-order valence-electron chi connectivity index (χ0n) is 13.1. The number of hydrogen-bond donors (Lipinski definition) is 1. The van der Waals surface area contributed by atoms with Gasteiger partial charge in [0.2, 0.25) is 0 Å². The van der Waals surface area contributed by atoms with Crippen molar-refractivity contribution >= 4 is 28.5 Å². The molecule has 1 amide bonds. The van der Waals surface area contributed by atoms with Crippen molar-refractivity contribution in [2.45, 2.75) is 30.0 Å². The van der Waals surface area contributed by atoms with Crippen LogP contribution in [-0.2, 0) is 9.53 Å². The number of carbonyl (C=O) groups excluding carboxylic acids is 1. The van der Waals surface area contributed by atoms with E-state index in [1.165, 1.54) is 0 Å². The van der Waals surface area contributed by atoms with E-state index >= 15 is 0 Å². The molecule has 3 heterocycles. The number of benzene rings is 1. The van der Waals surface area contributed by atoms with Crippen LogP contribution in [0.4, 0.5) is 0 Å². The first-order chi connectivity index (χ1) is 11.6. The minimum Gasteiger partial charge on any atom is -0.359 e. The first-order valence-corrected chi connectivity index (χ1v) is 8.43. The van der Waals surface area contributed by atoms with E-state index in [0.717, 1.165) is 28.9 Å². The highest BCUT2D eigenvalue weighted by Crippen LogP contribution is 2.51. The lowest BCUT2D eigenvalue weighted by Crippen LogP contribution is -2.36. The molecule has 3 aliphatic rings. The van der Waals surface area contributed by atoms with E-state index in [1.807, 2.05) is 30.4 Å². The molecule has 1 aliphatic carbocycles. The van der Waals surface area contributed by atoms with Crippen molar-refractivity contribution in [2.24, 2.45) is 0 Å². The van der Waals surface area contributed by atoms with Gasteiger partial charge in [-0.25, -0.2) is 4.98 Å². The summed E-state index contributed by atoms with van der Waals surface area (Å²) >= 11 is 6.80. The van der Waals surface area contributed by atoms with E-state index in [-0.39, 0.29) is 18.0 Å². The number of halogens is 1. The van der Waals surface area contributed by atoms with Crippen LogP contribution in [0.25, 0.3) is 11.0 Å². The van der Waals surface area contributed by atoms with Crippen LogP contribution in [-0.4, -0.2) is 27.6 Å². The molecule has 1 N–H and O–H groups in total. The van der Waals surface area contributed by atoms with Gasteiger partial charge in [0.15, 0.2) is 5.06 Å². The fraction of sp³-hybridized carbons (Fsp3) is 0.333. The molecule has 2 aliphatic heterocycles. The number of alkyl halides is 1. The molecule has 24 heavy (non-hydrogen) atoms. The number of carbonyl (C=O) groups is 1. The van der Waals surface area contributed by atoms with Crippen LogP contribution >= 0.6 is 11.6 Å². The first kappa shape index (κ1) is 14.3. The Morgan fingerprint density at radius 1 is 1.42 bits per heavy atom. The van der Waals surface area contributed by atoms with E-state index in [9.17, 15) is 4.79 Å². The lowest BCUT2D eigenvalue weighted by molar-refractivity contribution is -0.118. The number of rotatable bonds is 1. The van der Waals surface area contributed by atoms with Gasteiger partial charge in [0.1, 0.15) is 5.82 Å². The van der Waals surface area contributed by atoms with Crippen LogP contribution in [0.5, 0.6) is 0 Å². The molecule has 2 aromatic rings. The molecule has 1 aromatic carbocycles. The second-order valence-electron chi connectivity index (χ2n) is 6.47. The van der Waals surface area contributed by atoms with Gasteiger partial charge in [0, 0.05) is 24.7 Å². The van der Waals surface area contributed by atoms with Gasteiger partial charge < -0.3 is 14.6 Å². The predicted molar refractivity (Wildman–Crippen MR) is 90.6 cm³/mol. The number of nitrogens with one attached hydrogen (secondary N) is 1. The molecule has 3 atom stereocenters. The first-order valence-electron chi connectivity index (χ1n) is 8.05. The van der Waals surface area contributed by atoms with Crippen molar-refractivity contribution in [3.05, 3.63) is 53.4 Å². The summed E-state index contributed by atoms with van der Waals surface area (Å²) in [6.07, 6.45) is 5.06. The third-order valence-electron chi connectivity index (χ3n) is 5.27. The minimum atomic E-state index is -0.992. The predicted octanol–water partition coefficient (Wildman–Crippen LogP) is 2.99. The monoisotopic (exact) mass is 341 g/mol. The average molecular weight is 342 g/mol. The number of aromatic nitrogens is 2. The van der Waals surface area contributed by atoms with Crippen molar-refractivity contribution in [1.82, 2.24) is 14.9 Å². The van der Waals surface area contributed by atoms with Gasteiger partial charge in [-0.1, -0.05) is 35.9 Å². The molecule has 0 saturated heterocycles. The number of amides is 1. The Bertz CT molecular complexity index is 945. The Balaban J connectivity index is 1.82. The summed E-state index contributed by atoms with van der Waals surface area (Å²) in [7, 11) is 1.60. The second-order valence-corrected chi connectivity index (χ2v) is 7.08. The topological polar surface area (TPSA) is 56.1 Å². The molecule has 5 rings (SSSR count). The van der Waals surface area contributed by atoms with Gasteiger partial charge in [-0.15, -0.1) is 0 Å². The summed E-state index contributed by atoms with van der Waals surface area (Å²) in [6.45, 7) is 0. The van der Waals surface area contributed by atoms with E-state index in [1.54, 1.807) is 7.11 Å². The molecule has 5 nitrogen and oxygen atoms in total. The van der Waals surface area contributed by atoms with Crippen LogP contribution in [0, 0.1) is 0 Å². The number of para-hydroxylation sites is 2. The Morgan fingerprint density at radius 2 is 2.25 bits per heavy atom. The third-order valence-corrected chi connectivity index (χ3v) is 5.78. The zero-order chi connectivity index (χ0) is 16.5. The van der Waals surface area contributed by atoms with Crippen LogP contribution in [0.2, 0.25) is 0 Å². The number of fused-ring (bicyclic) bond motifs is 8. The zero-order valence-corrected chi connectivity index (χ0v) is 13.9. The highest BCUT2D eigenvalue weighted by Gasteiger charge is 2.49. The molecule has 122 valence electrons. The summed E-state index contributed by atoms with van der Waals surface area (Å²) in [6, 6.07) is 7.90. The minimum absolute atomic E-state index is 0.0336. The number of imidazole rings is 1. The van der Waals surface area contributed by atoms with Gasteiger partial charge in [0.05, 0.1) is 23.1 Å². The SMILES string of the molecule is COC1(Cl)CC=CC2=C1[C@H]1C[C@@H](NC2=O)c2nc3ccccc3n21. The molecule has 0 radical (unpaired) electrons. The number of hydrogen-bond acceptors (Lipinski definition) is 3. The van der Waals surface area contributed by atoms with E-state index in [4.69, 9.17) is 21.3 Å². The standard InChI is InChI=1S/C18H16ClN3O2/c1-24-18(19)8-4-5-10-15(18)14-9-12(21-17(10)23)16-20-11-6-2-3-7-13(11)22(14)16/h2-7,12,14H,8-9H2,1H3,(H,21,23)/t12-,14-,18?/m1/s1. The van der Waals surface area contributed by atoms with Crippen molar-refractivity contribution in [3.8, 4) is 0 Å². The molecular weight excluding hydrogens is 326 g/mol. The van der Waals surface area contributed by atoms with E-state index in [0.29, 0.717) is 12.0 Å². The highest BCUT2D eigenvalue weighted by atomic mass is 35.5. The van der Waals surface area contributed by atoms with Crippen LogP contribution in [0.1, 0.15) is 30.7 Å². The summed E-state index contributed by atoms with van der Waals surface area (Å²) < 4.78 is 7.86. The fourth-order valence-electron chi connectivity index (χ4n) is 4.23.